The van der Waals surface area contributed by atoms with E-state index in [1.165, 1.54) is 0 Å². The third-order valence-corrected chi connectivity index (χ3v) is 2.00. The zero-order valence-electron chi connectivity index (χ0n) is 6.95. The Balaban J connectivity index is 2.31. The van der Waals surface area contributed by atoms with E-state index < -0.39 is 0 Å². The maximum Gasteiger partial charge on any atom is 0.279 e. The summed E-state index contributed by atoms with van der Waals surface area (Å²) in [4.78, 5) is 15.3. The number of nitrogens with zero attached hydrogens (tertiary/aromatic N) is 1. The lowest BCUT2D eigenvalue weighted by Gasteiger charge is -1.95. The second-order valence-electron chi connectivity index (χ2n) is 2.84. The number of hydrazine groups is 1. The molecule has 1 heterocycles. The van der Waals surface area contributed by atoms with Crippen LogP contribution in [0.25, 0.3) is 0 Å². The van der Waals surface area contributed by atoms with E-state index in [2.05, 4.69) is 10.4 Å². The highest BCUT2D eigenvalue weighted by molar-refractivity contribution is 6.40. The number of aliphatic imine (C=N–C) groups is 1. The largest absolute Gasteiger partial charge is 0.289 e. The SMILES string of the molecule is NNC(=O)C1=Nc2ccccc2C1. The predicted octanol–water partition coefficient (Wildman–Crippen LogP) is 0.305. The second kappa shape index (κ2) is 2.99. The molecule has 1 aromatic rings. The zero-order valence-corrected chi connectivity index (χ0v) is 6.95. The Labute approximate surface area is 75.4 Å². The molecule has 0 spiro atoms. The van der Waals surface area contributed by atoms with Gasteiger partial charge in [-0.1, -0.05) is 18.2 Å². The fraction of sp³-hybridized carbons (Fsp3) is 0.111. The Bertz CT molecular complexity index is 384. The molecule has 4 nitrogen and oxygen atoms in total. The van der Waals surface area contributed by atoms with Crippen LogP contribution in [-0.2, 0) is 11.2 Å². The molecule has 3 N–H and O–H groups in total. The Morgan fingerprint density at radius 2 is 2.23 bits per heavy atom. The van der Waals surface area contributed by atoms with Crippen molar-refractivity contribution in [2.24, 2.45) is 10.8 Å². The van der Waals surface area contributed by atoms with E-state index in [9.17, 15) is 4.79 Å². The van der Waals surface area contributed by atoms with Crippen LogP contribution in [0.3, 0.4) is 0 Å². The molecule has 1 amide bonds. The predicted molar refractivity (Wildman–Crippen MR) is 49.6 cm³/mol. The van der Waals surface area contributed by atoms with Crippen molar-refractivity contribution in [1.82, 2.24) is 5.43 Å². The number of nitrogens with two attached hydrogens (primary N) is 1. The number of carbonyl (C=O) groups is 1. The van der Waals surface area contributed by atoms with Gasteiger partial charge in [-0.3, -0.25) is 10.2 Å². The van der Waals surface area contributed by atoms with Gasteiger partial charge in [0.25, 0.3) is 5.91 Å². The van der Waals surface area contributed by atoms with Crippen LogP contribution >= 0.6 is 0 Å². The van der Waals surface area contributed by atoms with Crippen molar-refractivity contribution < 1.29 is 4.79 Å². The summed E-state index contributed by atoms with van der Waals surface area (Å²) in [6.07, 6.45) is 0.569. The monoisotopic (exact) mass is 175 g/mol. The molecular weight excluding hydrogens is 166 g/mol. The van der Waals surface area contributed by atoms with Crippen LogP contribution in [0, 0.1) is 0 Å². The van der Waals surface area contributed by atoms with Gasteiger partial charge >= 0.3 is 0 Å². The molecule has 0 radical (unpaired) electrons. The van der Waals surface area contributed by atoms with E-state index in [1.54, 1.807) is 0 Å². The molecule has 4 heteroatoms. The van der Waals surface area contributed by atoms with Crippen LogP contribution < -0.4 is 11.3 Å². The number of amides is 1. The highest BCUT2D eigenvalue weighted by Crippen LogP contribution is 2.25. The van der Waals surface area contributed by atoms with Crippen molar-refractivity contribution in [3.8, 4) is 0 Å². The molecule has 1 aromatic carbocycles. The van der Waals surface area contributed by atoms with Crippen LogP contribution in [0.4, 0.5) is 5.69 Å². The van der Waals surface area contributed by atoms with E-state index in [1.807, 2.05) is 24.3 Å². The Hall–Kier alpha value is -1.68. The smallest absolute Gasteiger partial charge is 0.279 e. The van der Waals surface area contributed by atoms with Crippen LogP contribution in [0.1, 0.15) is 5.56 Å². The van der Waals surface area contributed by atoms with Crippen molar-refractivity contribution in [3.63, 3.8) is 0 Å². The summed E-state index contributed by atoms with van der Waals surface area (Å²) < 4.78 is 0. The Morgan fingerprint density at radius 1 is 1.46 bits per heavy atom. The molecule has 0 bridgehead atoms. The summed E-state index contributed by atoms with van der Waals surface area (Å²) in [6.45, 7) is 0. The highest BCUT2D eigenvalue weighted by Gasteiger charge is 2.18. The second-order valence-corrected chi connectivity index (χ2v) is 2.84. The van der Waals surface area contributed by atoms with Gasteiger partial charge in [0.15, 0.2) is 0 Å². The number of hydrogen-bond donors (Lipinski definition) is 2. The van der Waals surface area contributed by atoms with Gasteiger partial charge in [0.05, 0.1) is 5.69 Å². The van der Waals surface area contributed by atoms with Crippen molar-refractivity contribution in [2.45, 2.75) is 6.42 Å². The van der Waals surface area contributed by atoms with Gasteiger partial charge in [-0.15, -0.1) is 0 Å². The maximum atomic E-state index is 11.1. The molecule has 0 atom stereocenters. The zero-order chi connectivity index (χ0) is 9.26. The molecule has 0 saturated carbocycles. The summed E-state index contributed by atoms with van der Waals surface area (Å²) >= 11 is 0. The molecule has 0 saturated heterocycles. The number of hydrogen-bond acceptors (Lipinski definition) is 3. The summed E-state index contributed by atoms with van der Waals surface area (Å²) in [5, 5.41) is 0. The molecule has 1 aliphatic heterocycles. The first-order valence-corrected chi connectivity index (χ1v) is 3.97. The average molecular weight is 175 g/mol. The first-order valence-electron chi connectivity index (χ1n) is 3.97. The number of rotatable bonds is 1. The number of fused-ring (bicyclic) bond motifs is 1. The number of benzene rings is 1. The molecule has 0 fully saturated rings. The third-order valence-electron chi connectivity index (χ3n) is 2.00. The fourth-order valence-corrected chi connectivity index (χ4v) is 1.35. The Kier molecular flexibility index (Phi) is 1.83. The standard InChI is InChI=1S/C9H9N3O/c10-12-9(13)8-5-6-3-1-2-4-7(6)11-8/h1-4H,5,10H2,(H,12,13). The van der Waals surface area contributed by atoms with E-state index in [4.69, 9.17) is 5.84 Å². The topological polar surface area (TPSA) is 67.5 Å². The van der Waals surface area contributed by atoms with Crippen molar-refractivity contribution in [2.75, 3.05) is 0 Å². The summed E-state index contributed by atoms with van der Waals surface area (Å²) in [5.41, 5.74) is 4.48. The minimum absolute atomic E-state index is 0.309. The minimum atomic E-state index is -0.309. The van der Waals surface area contributed by atoms with Gasteiger partial charge in [0.1, 0.15) is 5.71 Å². The number of nitrogens with one attached hydrogen (secondary N) is 1. The number of para-hydroxylation sites is 1. The third kappa shape index (κ3) is 1.31. The maximum absolute atomic E-state index is 11.1. The quantitative estimate of drug-likeness (QED) is 0.366. The van der Waals surface area contributed by atoms with Crippen molar-refractivity contribution in [1.29, 1.82) is 0 Å². The fourth-order valence-electron chi connectivity index (χ4n) is 1.35. The average Bonchev–Trinajstić information content (AvgIpc) is 2.59. The van der Waals surface area contributed by atoms with E-state index in [-0.39, 0.29) is 5.91 Å². The van der Waals surface area contributed by atoms with Crippen LogP contribution in [0.5, 0.6) is 0 Å². The normalized spacial score (nSPS) is 13.5. The van der Waals surface area contributed by atoms with Crippen LogP contribution in [0.2, 0.25) is 0 Å². The van der Waals surface area contributed by atoms with Gasteiger partial charge in [0.2, 0.25) is 0 Å². The summed E-state index contributed by atoms with van der Waals surface area (Å²) in [5.74, 6) is 4.70. The molecular formula is C9H9N3O. The van der Waals surface area contributed by atoms with Gasteiger partial charge in [0, 0.05) is 6.42 Å². The van der Waals surface area contributed by atoms with E-state index >= 15 is 0 Å². The summed E-state index contributed by atoms with van der Waals surface area (Å²) in [6, 6.07) is 7.66. The highest BCUT2D eigenvalue weighted by atomic mass is 16.2. The first kappa shape index (κ1) is 7.94. The number of carbonyl (C=O) groups excluding carboxylic acids is 1. The molecule has 2 rings (SSSR count). The molecule has 0 aliphatic carbocycles. The minimum Gasteiger partial charge on any atom is -0.289 e. The summed E-state index contributed by atoms with van der Waals surface area (Å²) in [7, 11) is 0. The van der Waals surface area contributed by atoms with Gasteiger partial charge in [-0.25, -0.2) is 10.8 Å². The van der Waals surface area contributed by atoms with Crippen molar-refractivity contribution >= 4 is 17.3 Å². The van der Waals surface area contributed by atoms with Gasteiger partial charge < -0.3 is 0 Å². The van der Waals surface area contributed by atoms with Crippen LogP contribution in [0.15, 0.2) is 29.3 Å². The Morgan fingerprint density at radius 3 is 2.92 bits per heavy atom. The lowest BCUT2D eigenvalue weighted by molar-refractivity contribution is -0.114. The lowest BCUT2D eigenvalue weighted by Crippen LogP contribution is -2.36. The van der Waals surface area contributed by atoms with Gasteiger partial charge in [-0.05, 0) is 11.6 Å². The lowest BCUT2D eigenvalue weighted by atomic mass is 10.1. The molecule has 66 valence electrons. The van der Waals surface area contributed by atoms with Gasteiger partial charge in [-0.2, -0.15) is 0 Å². The molecule has 13 heavy (non-hydrogen) atoms. The molecule has 0 unspecified atom stereocenters. The van der Waals surface area contributed by atoms with E-state index in [0.717, 1.165) is 11.3 Å². The first-order chi connectivity index (χ1) is 6.31. The van der Waals surface area contributed by atoms with Crippen molar-refractivity contribution in [3.05, 3.63) is 29.8 Å². The molecule has 0 aromatic heterocycles. The van der Waals surface area contributed by atoms with E-state index in [0.29, 0.717) is 12.1 Å². The molecule has 1 aliphatic rings. The van der Waals surface area contributed by atoms with Crippen LogP contribution in [-0.4, -0.2) is 11.6 Å².